The Hall–Kier alpha value is -4.55. The fourth-order valence-electron chi connectivity index (χ4n) is 6.73. The predicted octanol–water partition coefficient (Wildman–Crippen LogP) is 9.23. The number of methoxy groups -OCH3 is 1. The van der Waals surface area contributed by atoms with Crippen LogP contribution < -0.4 is 9.47 Å². The summed E-state index contributed by atoms with van der Waals surface area (Å²) in [5, 5.41) is 4.99. The van der Waals surface area contributed by atoms with Gasteiger partial charge in [0.25, 0.3) is 0 Å². The van der Waals surface area contributed by atoms with Gasteiger partial charge in [-0.3, -0.25) is 9.97 Å². The number of unbranched alkanes of at least 4 members (excludes halogenated alkanes) is 1. The summed E-state index contributed by atoms with van der Waals surface area (Å²) in [4.78, 5) is 9.23. The Balaban J connectivity index is 0.00000357. The summed E-state index contributed by atoms with van der Waals surface area (Å²) in [6, 6.07) is 27.8. The summed E-state index contributed by atoms with van der Waals surface area (Å²) < 4.78 is 16.7. The van der Waals surface area contributed by atoms with E-state index in [1.54, 1.807) is 7.11 Å². The van der Waals surface area contributed by atoms with Gasteiger partial charge >= 0.3 is 0 Å². The monoisotopic (exact) mass is 618 g/mol. The number of hydrogen-bond acceptors (Lipinski definition) is 4. The maximum Gasteiger partial charge on any atom is 0.121 e. The molecular weight excluding hydrogens is 580 g/mol. The first-order valence-electron chi connectivity index (χ1n) is 15.6. The maximum atomic E-state index is 6.35. The standard InChI is InChI=1S/C38H38N4O2.ClH/c1-26-37-33(17-19-39-26)31-15-13-29(43-3)24-35(31)41(37)21-7-8-23-44-30-14-16-32-34-18-20-40-27(2)38(34)42(36(32)25-30)22-9-12-28-10-5-4-6-11-28;/h4-6,10-11,13-20,24-25H,7-9,12,21-23H2,1-3H3;1H. The van der Waals surface area contributed by atoms with Crippen molar-refractivity contribution >= 4 is 56.0 Å². The Morgan fingerprint density at radius 3 is 1.82 bits per heavy atom. The Morgan fingerprint density at radius 2 is 1.20 bits per heavy atom. The molecule has 45 heavy (non-hydrogen) atoms. The second-order valence-electron chi connectivity index (χ2n) is 11.6. The van der Waals surface area contributed by atoms with Crippen LogP contribution in [0.25, 0.3) is 43.6 Å². The molecule has 0 bridgehead atoms. The lowest BCUT2D eigenvalue weighted by atomic mass is 10.1. The lowest BCUT2D eigenvalue weighted by molar-refractivity contribution is 0.304. The van der Waals surface area contributed by atoms with Gasteiger partial charge in [0.05, 0.1) is 47.2 Å². The molecule has 0 saturated carbocycles. The molecule has 0 spiro atoms. The molecule has 0 aliphatic rings. The van der Waals surface area contributed by atoms with Gasteiger partial charge in [-0.2, -0.15) is 0 Å². The van der Waals surface area contributed by atoms with Crippen LogP contribution in [-0.2, 0) is 19.5 Å². The highest BCUT2D eigenvalue weighted by molar-refractivity contribution is 6.10. The van der Waals surface area contributed by atoms with E-state index >= 15 is 0 Å². The van der Waals surface area contributed by atoms with Gasteiger partial charge in [0, 0.05) is 59.2 Å². The van der Waals surface area contributed by atoms with Crippen molar-refractivity contribution in [2.75, 3.05) is 13.7 Å². The predicted molar refractivity (Wildman–Crippen MR) is 187 cm³/mol. The Kier molecular flexibility index (Phi) is 8.95. The Labute approximate surface area is 270 Å². The van der Waals surface area contributed by atoms with Crippen molar-refractivity contribution in [1.29, 1.82) is 0 Å². The van der Waals surface area contributed by atoms with Gasteiger partial charge in [0.2, 0.25) is 0 Å². The first-order chi connectivity index (χ1) is 21.6. The van der Waals surface area contributed by atoms with Crippen LogP contribution in [0.3, 0.4) is 0 Å². The summed E-state index contributed by atoms with van der Waals surface area (Å²) >= 11 is 0. The molecule has 7 heteroatoms. The third kappa shape index (κ3) is 5.83. The second-order valence-corrected chi connectivity index (χ2v) is 11.6. The number of nitrogens with zero attached hydrogens (tertiary/aromatic N) is 4. The zero-order valence-electron chi connectivity index (χ0n) is 26.1. The molecule has 0 N–H and O–H groups in total. The first kappa shape index (κ1) is 30.5. The molecule has 7 aromatic rings. The largest absolute Gasteiger partial charge is 0.497 e. The SMILES string of the molecule is COc1ccc2c3ccnc(C)c3n(CCCCOc3ccc4c5ccnc(C)c5n(CCCc5ccccc5)c4c3)c2c1.Cl. The minimum absolute atomic E-state index is 0. The van der Waals surface area contributed by atoms with Gasteiger partial charge in [-0.15, -0.1) is 12.4 Å². The Morgan fingerprint density at radius 1 is 0.622 bits per heavy atom. The highest BCUT2D eigenvalue weighted by Crippen LogP contribution is 2.34. The molecule has 0 aliphatic heterocycles. The van der Waals surface area contributed by atoms with Crippen molar-refractivity contribution in [3.8, 4) is 11.5 Å². The lowest BCUT2D eigenvalue weighted by Crippen LogP contribution is -2.04. The average Bonchev–Trinajstić information content (AvgIpc) is 3.54. The van der Waals surface area contributed by atoms with Crippen LogP contribution in [0.15, 0.2) is 91.3 Å². The number of aromatic nitrogens is 4. The molecule has 3 aromatic carbocycles. The molecule has 0 atom stereocenters. The van der Waals surface area contributed by atoms with Gasteiger partial charge in [0.1, 0.15) is 11.5 Å². The highest BCUT2D eigenvalue weighted by Gasteiger charge is 2.15. The highest BCUT2D eigenvalue weighted by atomic mass is 35.5. The van der Waals surface area contributed by atoms with E-state index in [1.165, 1.54) is 49.2 Å². The summed E-state index contributed by atoms with van der Waals surface area (Å²) in [5.41, 5.74) is 8.31. The summed E-state index contributed by atoms with van der Waals surface area (Å²) in [6.07, 6.45) is 7.87. The average molecular weight is 619 g/mol. The third-order valence-electron chi connectivity index (χ3n) is 8.83. The van der Waals surface area contributed by atoms with E-state index in [9.17, 15) is 0 Å². The molecule has 0 unspecified atom stereocenters. The third-order valence-corrected chi connectivity index (χ3v) is 8.83. The quantitative estimate of drug-likeness (QED) is 0.136. The minimum Gasteiger partial charge on any atom is -0.497 e. The van der Waals surface area contributed by atoms with Gasteiger partial charge in [-0.25, -0.2) is 0 Å². The number of hydrogen-bond donors (Lipinski definition) is 0. The van der Waals surface area contributed by atoms with E-state index in [1.807, 2.05) is 18.5 Å². The fourth-order valence-corrected chi connectivity index (χ4v) is 6.73. The van der Waals surface area contributed by atoms with Crippen LogP contribution in [0, 0.1) is 13.8 Å². The number of halogens is 1. The van der Waals surface area contributed by atoms with Crippen LogP contribution in [-0.4, -0.2) is 32.8 Å². The molecule has 4 heterocycles. The van der Waals surface area contributed by atoms with E-state index in [4.69, 9.17) is 9.47 Å². The van der Waals surface area contributed by atoms with Crippen molar-refractivity contribution in [3.63, 3.8) is 0 Å². The zero-order chi connectivity index (χ0) is 30.0. The molecular formula is C38H39ClN4O2. The zero-order valence-corrected chi connectivity index (χ0v) is 26.9. The first-order valence-corrected chi connectivity index (χ1v) is 15.6. The Bertz CT molecular complexity index is 2100. The smallest absolute Gasteiger partial charge is 0.121 e. The normalized spacial score (nSPS) is 11.4. The number of aryl methyl sites for hydroxylation is 5. The minimum atomic E-state index is 0. The number of rotatable bonds is 11. The van der Waals surface area contributed by atoms with Gasteiger partial charge in [0.15, 0.2) is 0 Å². The van der Waals surface area contributed by atoms with Crippen molar-refractivity contribution in [1.82, 2.24) is 19.1 Å². The molecule has 0 amide bonds. The second kappa shape index (κ2) is 13.2. The number of ether oxygens (including phenoxy) is 2. The van der Waals surface area contributed by atoms with Gasteiger partial charge in [-0.1, -0.05) is 30.3 Å². The van der Waals surface area contributed by atoms with Crippen molar-refractivity contribution in [2.45, 2.75) is 52.6 Å². The molecule has 230 valence electrons. The van der Waals surface area contributed by atoms with Gasteiger partial charge in [-0.05, 0) is 81.5 Å². The summed E-state index contributed by atoms with van der Waals surface area (Å²) in [6.45, 7) is 6.69. The fraction of sp³-hybridized carbons (Fsp3) is 0.263. The van der Waals surface area contributed by atoms with E-state index in [2.05, 4.69) is 106 Å². The summed E-state index contributed by atoms with van der Waals surface area (Å²) in [5.74, 6) is 1.78. The van der Waals surface area contributed by atoms with Gasteiger partial charge < -0.3 is 18.6 Å². The molecule has 0 aliphatic carbocycles. The van der Waals surface area contributed by atoms with Crippen molar-refractivity contribution < 1.29 is 9.47 Å². The van der Waals surface area contributed by atoms with Crippen LogP contribution in [0.5, 0.6) is 11.5 Å². The van der Waals surface area contributed by atoms with E-state index < -0.39 is 0 Å². The van der Waals surface area contributed by atoms with Crippen molar-refractivity contribution in [3.05, 3.63) is 108 Å². The topological polar surface area (TPSA) is 54.1 Å². The van der Waals surface area contributed by atoms with E-state index in [-0.39, 0.29) is 12.4 Å². The molecule has 6 nitrogen and oxygen atoms in total. The van der Waals surface area contributed by atoms with Crippen LogP contribution in [0.2, 0.25) is 0 Å². The molecule has 7 rings (SSSR count). The van der Waals surface area contributed by atoms with Crippen LogP contribution in [0.1, 0.15) is 36.2 Å². The number of benzene rings is 3. The summed E-state index contributed by atoms with van der Waals surface area (Å²) in [7, 11) is 1.72. The van der Waals surface area contributed by atoms with E-state index in [0.717, 1.165) is 61.7 Å². The maximum absolute atomic E-state index is 6.35. The lowest BCUT2D eigenvalue weighted by Gasteiger charge is -2.11. The van der Waals surface area contributed by atoms with Crippen LogP contribution in [0.4, 0.5) is 0 Å². The number of pyridine rings is 2. The van der Waals surface area contributed by atoms with E-state index in [0.29, 0.717) is 6.61 Å². The molecule has 4 aromatic heterocycles. The van der Waals surface area contributed by atoms with Crippen LogP contribution >= 0.6 is 12.4 Å². The molecule has 0 fully saturated rings. The molecule has 0 saturated heterocycles. The van der Waals surface area contributed by atoms with Crippen molar-refractivity contribution in [2.24, 2.45) is 0 Å². The molecule has 0 radical (unpaired) electrons. The number of fused-ring (bicyclic) bond motifs is 6.